The third kappa shape index (κ3) is 10.5. The Labute approximate surface area is 337 Å². The van der Waals surface area contributed by atoms with Gasteiger partial charge >= 0.3 is 0 Å². The largest absolute Gasteiger partial charge is 0.497 e. The topological polar surface area (TPSA) is 194 Å². The highest BCUT2D eigenvalue weighted by Crippen LogP contribution is 2.32. The number of Topliss-reactive ketones (excluding diaryl/α,β-unsaturated/α-hetero) is 1. The van der Waals surface area contributed by atoms with Crippen LogP contribution in [0.2, 0.25) is 5.02 Å². The zero-order valence-electron chi connectivity index (χ0n) is 33.3. The van der Waals surface area contributed by atoms with Crippen LogP contribution in [0.5, 0.6) is 11.6 Å². The molecule has 0 bridgehead atoms. The van der Waals surface area contributed by atoms with E-state index in [-0.39, 0.29) is 43.2 Å². The summed E-state index contributed by atoms with van der Waals surface area (Å²) in [6, 6.07) is 4.64. The van der Waals surface area contributed by atoms with Gasteiger partial charge in [0.1, 0.15) is 35.5 Å². The van der Waals surface area contributed by atoms with E-state index in [9.17, 15) is 24.0 Å². The number of pyridine rings is 1. The number of hydrogen-bond acceptors (Lipinski definition) is 11. The number of aromatic nitrogens is 2. The van der Waals surface area contributed by atoms with E-state index in [0.717, 1.165) is 44.9 Å². The standard InChI is InChI=1S/C41H54ClN7O8/c1-6-10-29(34(50)38(53)44-25-14-15-25)45-36(51)30-19-27(56-32-18-13-24(42)21-43-32)22-49(30)39(54)35(41(2,3)4)48-37(52)33(23-11-8-7-9-12-23)47-40-46-28-17-16-26(55-5)20-31(28)57-40/h13,16-18,20-21,23,25,27,29-30,33,35H,6-12,14-15,19,22H2,1-5H3,(H,44,53)(H,45,51)(H,46,47)(H,48,52)/t27?,29-,30-,33+,35+/m1/s1. The summed E-state index contributed by atoms with van der Waals surface area (Å²) in [5.41, 5.74) is 0.286. The van der Waals surface area contributed by atoms with Gasteiger partial charge in [0, 0.05) is 30.8 Å². The molecule has 2 saturated carbocycles. The summed E-state index contributed by atoms with van der Waals surface area (Å²) in [4.78, 5) is 79.7. The second-order valence-electron chi connectivity index (χ2n) is 16.4. The Kier molecular flexibility index (Phi) is 13.3. The molecule has 308 valence electrons. The minimum absolute atomic E-state index is 0.00506. The van der Waals surface area contributed by atoms with E-state index in [4.69, 9.17) is 25.5 Å². The summed E-state index contributed by atoms with van der Waals surface area (Å²) < 4.78 is 17.5. The third-order valence-corrected chi connectivity index (χ3v) is 11.1. The van der Waals surface area contributed by atoms with Crippen molar-refractivity contribution in [3.63, 3.8) is 0 Å². The number of oxazole rings is 1. The number of benzene rings is 1. The number of rotatable bonds is 16. The first kappa shape index (κ1) is 41.7. The molecule has 4 N–H and O–H groups in total. The third-order valence-electron chi connectivity index (χ3n) is 10.9. The number of carbonyl (C=O) groups excluding carboxylic acids is 5. The molecule has 3 heterocycles. The van der Waals surface area contributed by atoms with Gasteiger partial charge in [-0.2, -0.15) is 4.98 Å². The number of anilines is 1. The van der Waals surface area contributed by atoms with Crippen LogP contribution in [0.25, 0.3) is 11.1 Å². The van der Waals surface area contributed by atoms with E-state index in [0.29, 0.717) is 28.3 Å². The Bertz CT molecular complexity index is 1920. The molecule has 3 fully saturated rings. The number of fused-ring (bicyclic) bond motifs is 1. The first-order valence-electron chi connectivity index (χ1n) is 20.0. The fourth-order valence-corrected chi connectivity index (χ4v) is 7.70. The zero-order valence-corrected chi connectivity index (χ0v) is 34.0. The van der Waals surface area contributed by atoms with Crippen LogP contribution >= 0.6 is 11.6 Å². The molecule has 0 spiro atoms. The molecular weight excluding hydrogens is 754 g/mol. The van der Waals surface area contributed by atoms with E-state index < -0.39 is 65.1 Å². The summed E-state index contributed by atoms with van der Waals surface area (Å²) in [7, 11) is 1.56. The molecular formula is C41H54ClN7O8. The molecule has 57 heavy (non-hydrogen) atoms. The average Bonchev–Trinajstić information content (AvgIpc) is 3.75. The van der Waals surface area contributed by atoms with Crippen molar-refractivity contribution in [1.82, 2.24) is 30.8 Å². The van der Waals surface area contributed by atoms with Crippen LogP contribution in [-0.2, 0) is 24.0 Å². The zero-order chi connectivity index (χ0) is 40.9. The summed E-state index contributed by atoms with van der Waals surface area (Å²) in [5, 5.41) is 12.2. The van der Waals surface area contributed by atoms with Crippen molar-refractivity contribution in [3.8, 4) is 11.6 Å². The molecule has 1 aliphatic heterocycles. The lowest BCUT2D eigenvalue weighted by Gasteiger charge is -2.37. The van der Waals surface area contributed by atoms with Crippen molar-refractivity contribution in [2.75, 3.05) is 19.0 Å². The summed E-state index contributed by atoms with van der Waals surface area (Å²) in [5.74, 6) is -2.15. The molecule has 1 saturated heterocycles. The van der Waals surface area contributed by atoms with Gasteiger partial charge in [-0.3, -0.25) is 24.0 Å². The first-order valence-corrected chi connectivity index (χ1v) is 20.4. The Morgan fingerprint density at radius 3 is 2.42 bits per heavy atom. The van der Waals surface area contributed by atoms with Crippen molar-refractivity contribution in [2.45, 2.75) is 128 Å². The summed E-state index contributed by atoms with van der Waals surface area (Å²) >= 11 is 6.04. The normalized spacial score (nSPS) is 20.3. The average molecular weight is 808 g/mol. The fraction of sp³-hybridized carbons (Fsp3) is 0.585. The first-order chi connectivity index (χ1) is 27.2. The number of halogens is 1. The molecule has 1 aromatic carbocycles. The summed E-state index contributed by atoms with van der Waals surface area (Å²) in [6.45, 7) is 7.39. The van der Waals surface area contributed by atoms with Crippen LogP contribution < -0.4 is 30.7 Å². The van der Waals surface area contributed by atoms with Gasteiger partial charge < -0.3 is 40.1 Å². The van der Waals surface area contributed by atoms with Crippen LogP contribution in [0.1, 0.15) is 91.9 Å². The summed E-state index contributed by atoms with van der Waals surface area (Å²) in [6.07, 6.45) is 7.82. The smallest absolute Gasteiger partial charge is 0.296 e. The molecule has 15 nitrogen and oxygen atoms in total. The van der Waals surface area contributed by atoms with E-state index in [1.54, 1.807) is 37.4 Å². The van der Waals surface area contributed by atoms with Gasteiger partial charge in [0.05, 0.1) is 24.7 Å². The number of likely N-dealkylation sites (tertiary alicyclic amines) is 1. The highest BCUT2D eigenvalue weighted by atomic mass is 35.5. The Hall–Kier alpha value is -4.92. The maximum atomic E-state index is 14.9. The number of nitrogens with zero attached hydrogens (tertiary/aromatic N) is 3. The second kappa shape index (κ2) is 18.1. The van der Waals surface area contributed by atoms with Crippen molar-refractivity contribution < 1.29 is 37.9 Å². The molecule has 1 unspecified atom stereocenters. The molecule has 3 aliphatic rings. The number of amides is 4. The minimum atomic E-state index is -1.08. The molecule has 2 aliphatic carbocycles. The van der Waals surface area contributed by atoms with Crippen LogP contribution in [0.4, 0.5) is 6.01 Å². The predicted octanol–water partition coefficient (Wildman–Crippen LogP) is 4.96. The Balaban J connectivity index is 1.25. The van der Waals surface area contributed by atoms with Gasteiger partial charge in [0.15, 0.2) is 5.58 Å². The molecule has 3 aromatic rings. The highest BCUT2D eigenvalue weighted by Gasteiger charge is 2.47. The lowest BCUT2D eigenvalue weighted by molar-refractivity contribution is -0.145. The van der Waals surface area contributed by atoms with Crippen molar-refractivity contribution >= 4 is 58.1 Å². The van der Waals surface area contributed by atoms with Crippen LogP contribution in [-0.4, -0.2) is 94.2 Å². The maximum Gasteiger partial charge on any atom is 0.296 e. The van der Waals surface area contributed by atoms with Crippen molar-refractivity contribution in [3.05, 3.63) is 41.6 Å². The van der Waals surface area contributed by atoms with Crippen LogP contribution in [0.3, 0.4) is 0 Å². The van der Waals surface area contributed by atoms with Crippen LogP contribution in [0.15, 0.2) is 40.9 Å². The van der Waals surface area contributed by atoms with Gasteiger partial charge in [-0.1, -0.05) is 65.0 Å². The van der Waals surface area contributed by atoms with Gasteiger partial charge in [-0.15, -0.1) is 0 Å². The number of hydrogen-bond donors (Lipinski definition) is 4. The van der Waals surface area contributed by atoms with Gasteiger partial charge in [0.25, 0.3) is 11.9 Å². The second-order valence-corrected chi connectivity index (χ2v) is 16.9. The molecule has 6 rings (SSSR count). The lowest BCUT2D eigenvalue weighted by atomic mass is 9.82. The van der Waals surface area contributed by atoms with E-state index in [1.807, 2.05) is 27.7 Å². The molecule has 0 radical (unpaired) electrons. The number of nitrogens with one attached hydrogen (secondary N) is 4. The monoisotopic (exact) mass is 807 g/mol. The quantitative estimate of drug-likeness (QED) is 0.143. The minimum Gasteiger partial charge on any atom is -0.497 e. The number of methoxy groups -OCH3 is 1. The number of carbonyl (C=O) groups is 5. The predicted molar refractivity (Wildman–Crippen MR) is 213 cm³/mol. The van der Waals surface area contributed by atoms with E-state index >= 15 is 0 Å². The highest BCUT2D eigenvalue weighted by molar-refractivity contribution is 6.38. The number of ether oxygens (including phenoxy) is 2. The Morgan fingerprint density at radius 2 is 1.77 bits per heavy atom. The van der Waals surface area contributed by atoms with Gasteiger partial charge in [-0.25, -0.2) is 4.98 Å². The van der Waals surface area contributed by atoms with Gasteiger partial charge in [-0.05, 0) is 61.6 Å². The van der Waals surface area contributed by atoms with Gasteiger partial charge in [0.2, 0.25) is 29.4 Å². The molecule has 16 heteroatoms. The van der Waals surface area contributed by atoms with Crippen molar-refractivity contribution in [1.29, 1.82) is 0 Å². The lowest BCUT2D eigenvalue weighted by Crippen LogP contribution is -2.61. The Morgan fingerprint density at radius 1 is 1.02 bits per heavy atom. The SMILES string of the molecule is CCC[C@@H](NC(=O)[C@H]1CC(Oc2ccc(Cl)cn2)CN1C(=O)[C@H](NC(=O)[C@@H](Nc1nc2ccc(OC)cc2o1)C1CCCCC1)C(C)(C)C)C(=O)C(=O)NC1CC1. The fourth-order valence-electron chi connectivity index (χ4n) is 7.58. The number of ketones is 1. The van der Waals surface area contributed by atoms with E-state index in [1.165, 1.54) is 11.1 Å². The molecule has 4 amide bonds. The molecule has 2 aromatic heterocycles. The maximum absolute atomic E-state index is 14.9. The van der Waals surface area contributed by atoms with E-state index in [2.05, 4.69) is 31.2 Å². The molecule has 5 atom stereocenters. The van der Waals surface area contributed by atoms with Crippen molar-refractivity contribution in [2.24, 2.45) is 11.3 Å². The van der Waals surface area contributed by atoms with Crippen LogP contribution in [0, 0.1) is 11.3 Å².